The smallest absolute Gasteiger partial charge is 0.160 e. The number of ketones is 1. The predicted octanol–water partition coefficient (Wildman–Crippen LogP) is 5.09. The molecule has 0 fully saturated rings. The molecule has 0 amide bonds. The molecule has 0 heterocycles. The molecule has 0 aromatic heterocycles. The van der Waals surface area contributed by atoms with Crippen LogP contribution >= 0.6 is 0 Å². The highest BCUT2D eigenvalue weighted by molar-refractivity contribution is 6.03. The quantitative estimate of drug-likeness (QED) is 0.356. The van der Waals surface area contributed by atoms with Gasteiger partial charge in [0.2, 0.25) is 0 Å². The summed E-state index contributed by atoms with van der Waals surface area (Å²) >= 11 is 0. The Morgan fingerprint density at radius 2 is 1.84 bits per heavy atom. The number of hydrogen-bond donors (Lipinski definition) is 0. The zero-order chi connectivity index (χ0) is 19.0. The summed E-state index contributed by atoms with van der Waals surface area (Å²) in [6, 6.07) is 1.62. The van der Waals surface area contributed by atoms with Gasteiger partial charge in [-0.05, 0) is 59.6 Å². The van der Waals surface area contributed by atoms with Gasteiger partial charge in [0.05, 0.1) is 12.7 Å². The summed E-state index contributed by atoms with van der Waals surface area (Å²) in [5.74, 6) is 0.752. The van der Waals surface area contributed by atoms with Gasteiger partial charge in [0.15, 0.2) is 12.1 Å². The molecule has 1 rings (SSSR count). The van der Waals surface area contributed by atoms with Gasteiger partial charge >= 0.3 is 0 Å². The van der Waals surface area contributed by atoms with Gasteiger partial charge in [0.1, 0.15) is 18.1 Å². The number of Topliss-reactive ketones (excluding diaryl/α,β-unsaturated/α-hetero) is 1. The topological polar surface area (TPSA) is 52.6 Å². The number of allylic oxidation sites excluding steroid dienone is 3. The average molecular weight is 344 g/mol. The standard InChI is InChI=1S/C21H28O4/c1-14(2)8-7-9-15(3)10-11-25-20-12-18(17(5)23)19(13-22)21(24-6)16(20)4/h8,10,12-13H,7,9,11H2,1-6H3/b15-10+. The third kappa shape index (κ3) is 5.89. The second-order valence-electron chi connectivity index (χ2n) is 6.35. The van der Waals surface area contributed by atoms with Crippen LogP contribution in [0.2, 0.25) is 0 Å². The number of hydrogen-bond acceptors (Lipinski definition) is 4. The van der Waals surface area contributed by atoms with Crippen LogP contribution in [0.5, 0.6) is 11.5 Å². The van der Waals surface area contributed by atoms with E-state index in [1.54, 1.807) is 6.07 Å². The van der Waals surface area contributed by atoms with E-state index in [-0.39, 0.29) is 11.3 Å². The monoisotopic (exact) mass is 344 g/mol. The van der Waals surface area contributed by atoms with Crippen molar-refractivity contribution in [2.75, 3.05) is 13.7 Å². The van der Waals surface area contributed by atoms with Crippen LogP contribution in [0, 0.1) is 6.92 Å². The van der Waals surface area contributed by atoms with Crippen LogP contribution in [0.1, 0.15) is 66.8 Å². The van der Waals surface area contributed by atoms with E-state index in [1.165, 1.54) is 25.2 Å². The van der Waals surface area contributed by atoms with Crippen LogP contribution in [0.4, 0.5) is 0 Å². The molecule has 1 aromatic carbocycles. The fourth-order valence-corrected chi connectivity index (χ4v) is 2.54. The number of ether oxygens (including phenoxy) is 2. The van der Waals surface area contributed by atoms with Crippen LogP contribution in [0.15, 0.2) is 29.4 Å². The lowest BCUT2D eigenvalue weighted by Crippen LogP contribution is -2.07. The van der Waals surface area contributed by atoms with Crippen molar-refractivity contribution < 1.29 is 19.1 Å². The highest BCUT2D eigenvalue weighted by Crippen LogP contribution is 2.34. The Morgan fingerprint density at radius 1 is 1.16 bits per heavy atom. The molecule has 4 heteroatoms. The molecule has 25 heavy (non-hydrogen) atoms. The summed E-state index contributed by atoms with van der Waals surface area (Å²) in [5.41, 5.74) is 3.87. The maximum Gasteiger partial charge on any atom is 0.160 e. The molecule has 0 unspecified atom stereocenters. The van der Waals surface area contributed by atoms with E-state index in [1.807, 2.05) is 13.0 Å². The Bertz CT molecular complexity index is 692. The van der Waals surface area contributed by atoms with Crippen molar-refractivity contribution in [3.8, 4) is 11.5 Å². The second-order valence-corrected chi connectivity index (χ2v) is 6.35. The molecule has 1 aromatic rings. The minimum Gasteiger partial charge on any atom is -0.496 e. The molecule has 0 N–H and O–H groups in total. The van der Waals surface area contributed by atoms with E-state index >= 15 is 0 Å². The van der Waals surface area contributed by atoms with Crippen LogP contribution in [0.25, 0.3) is 0 Å². The van der Waals surface area contributed by atoms with Crippen LogP contribution in [-0.4, -0.2) is 25.8 Å². The summed E-state index contributed by atoms with van der Waals surface area (Å²) in [5, 5.41) is 0. The number of rotatable bonds is 9. The Morgan fingerprint density at radius 3 is 2.36 bits per heavy atom. The first-order valence-electron chi connectivity index (χ1n) is 8.41. The van der Waals surface area contributed by atoms with Crippen molar-refractivity contribution in [2.45, 2.75) is 47.5 Å². The number of aldehydes is 1. The van der Waals surface area contributed by atoms with E-state index < -0.39 is 0 Å². The molecule has 0 radical (unpaired) electrons. The molecule has 136 valence electrons. The summed E-state index contributed by atoms with van der Waals surface area (Å²) in [7, 11) is 1.48. The van der Waals surface area contributed by atoms with Gasteiger partial charge in [-0.15, -0.1) is 0 Å². The second kappa shape index (κ2) is 9.82. The van der Waals surface area contributed by atoms with Crippen LogP contribution in [-0.2, 0) is 0 Å². The van der Waals surface area contributed by atoms with E-state index in [2.05, 4.69) is 26.8 Å². The number of carbonyl (C=O) groups excluding carboxylic acids is 2. The largest absolute Gasteiger partial charge is 0.496 e. The highest BCUT2D eigenvalue weighted by atomic mass is 16.5. The molecule has 0 aliphatic rings. The van der Waals surface area contributed by atoms with Crippen LogP contribution < -0.4 is 9.47 Å². The minimum absolute atomic E-state index is 0.196. The Kier molecular flexibility index (Phi) is 8.12. The van der Waals surface area contributed by atoms with Crippen molar-refractivity contribution in [2.24, 2.45) is 0 Å². The van der Waals surface area contributed by atoms with E-state index in [4.69, 9.17) is 9.47 Å². The van der Waals surface area contributed by atoms with E-state index in [0.29, 0.717) is 35.5 Å². The number of methoxy groups -OCH3 is 1. The molecular weight excluding hydrogens is 316 g/mol. The fourth-order valence-electron chi connectivity index (χ4n) is 2.54. The van der Waals surface area contributed by atoms with Gasteiger partial charge in [-0.1, -0.05) is 17.2 Å². The third-order valence-electron chi connectivity index (χ3n) is 3.98. The molecule has 0 atom stereocenters. The predicted molar refractivity (Wildman–Crippen MR) is 101 cm³/mol. The molecule has 0 saturated carbocycles. The van der Waals surface area contributed by atoms with Gasteiger partial charge in [0.25, 0.3) is 0 Å². The molecular formula is C21H28O4. The fraction of sp³-hybridized carbons (Fsp3) is 0.429. The van der Waals surface area contributed by atoms with E-state index in [0.717, 1.165) is 12.8 Å². The first kappa shape index (κ1) is 20.7. The normalized spacial score (nSPS) is 11.0. The van der Waals surface area contributed by atoms with Crippen molar-refractivity contribution in [1.29, 1.82) is 0 Å². The first-order chi connectivity index (χ1) is 11.8. The van der Waals surface area contributed by atoms with Gasteiger partial charge in [-0.25, -0.2) is 0 Å². The number of benzene rings is 1. The SMILES string of the molecule is COc1c(C)c(OC/C=C(\C)CCC=C(C)C)cc(C(C)=O)c1C=O. The Labute approximate surface area is 150 Å². The summed E-state index contributed by atoms with van der Waals surface area (Å²) in [4.78, 5) is 23.2. The molecule has 4 nitrogen and oxygen atoms in total. The maximum absolute atomic E-state index is 11.8. The lowest BCUT2D eigenvalue weighted by molar-refractivity contribution is 0.100. The van der Waals surface area contributed by atoms with Gasteiger partial charge in [-0.3, -0.25) is 9.59 Å². The zero-order valence-corrected chi connectivity index (χ0v) is 16.1. The van der Waals surface area contributed by atoms with Crippen molar-refractivity contribution in [1.82, 2.24) is 0 Å². The minimum atomic E-state index is -0.196. The van der Waals surface area contributed by atoms with Crippen molar-refractivity contribution >= 4 is 12.1 Å². The number of carbonyl (C=O) groups is 2. The van der Waals surface area contributed by atoms with E-state index in [9.17, 15) is 9.59 Å². The molecule has 0 aliphatic carbocycles. The summed E-state index contributed by atoms with van der Waals surface area (Å²) in [6.07, 6.45) is 6.90. The van der Waals surface area contributed by atoms with Crippen molar-refractivity contribution in [3.63, 3.8) is 0 Å². The highest BCUT2D eigenvalue weighted by Gasteiger charge is 2.19. The lowest BCUT2D eigenvalue weighted by atomic mass is 10.00. The Hall–Kier alpha value is -2.36. The zero-order valence-electron chi connectivity index (χ0n) is 16.1. The first-order valence-corrected chi connectivity index (χ1v) is 8.41. The van der Waals surface area contributed by atoms with Gasteiger partial charge in [0, 0.05) is 11.1 Å². The van der Waals surface area contributed by atoms with Crippen LogP contribution in [0.3, 0.4) is 0 Å². The average Bonchev–Trinajstić information content (AvgIpc) is 2.55. The van der Waals surface area contributed by atoms with Gasteiger partial charge in [-0.2, -0.15) is 0 Å². The molecule has 0 spiro atoms. The third-order valence-corrected chi connectivity index (χ3v) is 3.98. The maximum atomic E-state index is 11.8. The summed E-state index contributed by atoms with van der Waals surface area (Å²) < 4.78 is 11.1. The van der Waals surface area contributed by atoms with Crippen molar-refractivity contribution in [3.05, 3.63) is 46.1 Å². The molecule has 0 saturated heterocycles. The molecule has 0 aliphatic heterocycles. The Balaban J connectivity index is 2.95. The molecule has 0 bridgehead atoms. The van der Waals surface area contributed by atoms with Gasteiger partial charge < -0.3 is 9.47 Å². The summed E-state index contributed by atoms with van der Waals surface area (Å²) in [6.45, 7) is 9.90. The lowest BCUT2D eigenvalue weighted by Gasteiger charge is -2.16.